The molecule has 0 unspecified atom stereocenters. The van der Waals surface area contributed by atoms with E-state index in [1.165, 1.54) is 0 Å². The van der Waals surface area contributed by atoms with Crippen molar-refractivity contribution in [3.63, 3.8) is 0 Å². The second kappa shape index (κ2) is 8.00. The quantitative estimate of drug-likeness (QED) is 0.688. The Bertz CT molecular complexity index is 533. The lowest BCUT2D eigenvalue weighted by Crippen LogP contribution is -2.42. The first kappa shape index (κ1) is 18.3. The molecule has 1 aromatic carbocycles. The van der Waals surface area contributed by atoms with Crippen LogP contribution in [0.15, 0.2) is 24.3 Å². The largest absolute Gasteiger partial charge is 0.484 e. The van der Waals surface area contributed by atoms with Gasteiger partial charge in [0.15, 0.2) is 6.61 Å². The number of halogens is 1. The van der Waals surface area contributed by atoms with Crippen LogP contribution >= 0.6 is 12.4 Å². The van der Waals surface area contributed by atoms with Gasteiger partial charge in [0, 0.05) is 13.1 Å². The van der Waals surface area contributed by atoms with Gasteiger partial charge >= 0.3 is 0 Å². The number of benzene rings is 1. The SMILES string of the molecule is CCNC(=O)COc1cccc(CNC(=O)C2(N)CC2)c1.Cl. The van der Waals surface area contributed by atoms with E-state index in [-0.39, 0.29) is 30.8 Å². The normalized spacial score (nSPS) is 14.5. The van der Waals surface area contributed by atoms with Crippen LogP contribution in [0.2, 0.25) is 0 Å². The number of amides is 2. The zero-order valence-electron chi connectivity index (χ0n) is 12.6. The molecule has 0 saturated heterocycles. The molecule has 0 radical (unpaired) electrons. The maximum Gasteiger partial charge on any atom is 0.257 e. The van der Waals surface area contributed by atoms with Crippen LogP contribution in [0.4, 0.5) is 0 Å². The first-order chi connectivity index (χ1) is 10.0. The third kappa shape index (κ3) is 5.20. The second-order valence-electron chi connectivity index (χ2n) is 5.23. The topological polar surface area (TPSA) is 93.5 Å². The summed E-state index contributed by atoms with van der Waals surface area (Å²) < 4.78 is 5.40. The zero-order chi connectivity index (χ0) is 15.3. The fourth-order valence-electron chi connectivity index (χ4n) is 1.86. The highest BCUT2D eigenvalue weighted by molar-refractivity contribution is 5.88. The minimum Gasteiger partial charge on any atom is -0.484 e. The number of rotatable bonds is 7. The van der Waals surface area contributed by atoms with Crippen molar-refractivity contribution in [1.82, 2.24) is 10.6 Å². The molecule has 22 heavy (non-hydrogen) atoms. The average Bonchev–Trinajstić information content (AvgIpc) is 3.22. The number of likely N-dealkylation sites (N-methyl/N-ethyl adjacent to an activating group) is 1. The Labute approximate surface area is 136 Å². The molecule has 1 aliphatic carbocycles. The molecule has 0 bridgehead atoms. The van der Waals surface area contributed by atoms with E-state index < -0.39 is 5.54 Å². The summed E-state index contributed by atoms with van der Waals surface area (Å²) in [5.41, 5.74) is 6.06. The maximum absolute atomic E-state index is 11.8. The molecule has 0 aliphatic heterocycles. The van der Waals surface area contributed by atoms with Gasteiger partial charge in [0.1, 0.15) is 5.75 Å². The molecule has 1 fully saturated rings. The first-order valence-electron chi connectivity index (χ1n) is 7.09. The Kier molecular flexibility index (Phi) is 6.64. The van der Waals surface area contributed by atoms with E-state index in [4.69, 9.17) is 10.5 Å². The summed E-state index contributed by atoms with van der Waals surface area (Å²) in [5.74, 6) is 0.327. The minimum absolute atomic E-state index is 0. The van der Waals surface area contributed by atoms with Gasteiger partial charge < -0.3 is 21.1 Å². The van der Waals surface area contributed by atoms with Crippen molar-refractivity contribution < 1.29 is 14.3 Å². The van der Waals surface area contributed by atoms with Crippen molar-refractivity contribution in [3.8, 4) is 5.75 Å². The molecule has 2 amide bonds. The number of carbonyl (C=O) groups is 2. The van der Waals surface area contributed by atoms with Gasteiger partial charge in [0.05, 0.1) is 5.54 Å². The highest BCUT2D eigenvalue weighted by Crippen LogP contribution is 2.32. The fraction of sp³-hybridized carbons (Fsp3) is 0.467. The molecular weight excluding hydrogens is 306 g/mol. The van der Waals surface area contributed by atoms with Crippen LogP contribution in [0.5, 0.6) is 5.75 Å². The Hall–Kier alpha value is -1.79. The van der Waals surface area contributed by atoms with Crippen molar-refractivity contribution in [2.24, 2.45) is 5.73 Å². The van der Waals surface area contributed by atoms with E-state index >= 15 is 0 Å². The van der Waals surface area contributed by atoms with Crippen LogP contribution in [0.25, 0.3) is 0 Å². The van der Waals surface area contributed by atoms with Gasteiger partial charge in [-0.05, 0) is 37.5 Å². The number of nitrogens with one attached hydrogen (secondary N) is 2. The number of carbonyl (C=O) groups excluding carboxylic acids is 2. The van der Waals surface area contributed by atoms with E-state index in [1.807, 2.05) is 19.1 Å². The van der Waals surface area contributed by atoms with Gasteiger partial charge in [0.25, 0.3) is 5.91 Å². The molecule has 2 rings (SSSR count). The predicted octanol–water partition coefficient (Wildman–Crippen LogP) is 0.731. The van der Waals surface area contributed by atoms with E-state index in [0.29, 0.717) is 18.8 Å². The fourth-order valence-corrected chi connectivity index (χ4v) is 1.86. The van der Waals surface area contributed by atoms with Gasteiger partial charge in [-0.2, -0.15) is 0 Å². The Morgan fingerprint density at radius 2 is 2.05 bits per heavy atom. The van der Waals surface area contributed by atoms with Gasteiger partial charge in [-0.15, -0.1) is 12.4 Å². The van der Waals surface area contributed by atoms with Crippen LogP contribution in [-0.2, 0) is 16.1 Å². The standard InChI is InChI=1S/C15H21N3O3.ClH/c1-2-17-13(19)10-21-12-5-3-4-11(8-12)9-18-14(20)15(16)6-7-15;/h3-5,8H,2,6-7,9-10,16H2,1H3,(H,17,19)(H,18,20);1H. The molecule has 1 aliphatic rings. The number of hydrogen-bond acceptors (Lipinski definition) is 4. The molecule has 1 saturated carbocycles. The smallest absolute Gasteiger partial charge is 0.257 e. The lowest BCUT2D eigenvalue weighted by molar-refractivity contribution is -0.123. The Morgan fingerprint density at radius 1 is 1.32 bits per heavy atom. The summed E-state index contributed by atoms with van der Waals surface area (Å²) >= 11 is 0. The van der Waals surface area contributed by atoms with E-state index in [1.54, 1.807) is 12.1 Å². The van der Waals surface area contributed by atoms with E-state index in [9.17, 15) is 9.59 Å². The van der Waals surface area contributed by atoms with Crippen molar-refractivity contribution in [2.75, 3.05) is 13.2 Å². The molecule has 0 spiro atoms. The predicted molar refractivity (Wildman–Crippen MR) is 85.9 cm³/mol. The molecule has 4 N–H and O–H groups in total. The van der Waals surface area contributed by atoms with Crippen LogP contribution < -0.4 is 21.1 Å². The lowest BCUT2D eigenvalue weighted by atomic mass is 10.2. The van der Waals surface area contributed by atoms with E-state index in [2.05, 4.69) is 10.6 Å². The van der Waals surface area contributed by atoms with Crippen molar-refractivity contribution in [1.29, 1.82) is 0 Å². The third-order valence-electron chi connectivity index (χ3n) is 3.34. The Morgan fingerprint density at radius 3 is 2.68 bits per heavy atom. The van der Waals surface area contributed by atoms with Gasteiger partial charge in [-0.25, -0.2) is 0 Å². The maximum atomic E-state index is 11.8. The number of hydrogen-bond donors (Lipinski definition) is 3. The van der Waals surface area contributed by atoms with Crippen LogP contribution in [0.1, 0.15) is 25.3 Å². The molecule has 0 atom stereocenters. The van der Waals surface area contributed by atoms with Crippen molar-refractivity contribution >= 4 is 24.2 Å². The van der Waals surface area contributed by atoms with E-state index in [0.717, 1.165) is 18.4 Å². The van der Waals surface area contributed by atoms with Gasteiger partial charge in [0.2, 0.25) is 5.91 Å². The highest BCUT2D eigenvalue weighted by Gasteiger charge is 2.45. The summed E-state index contributed by atoms with van der Waals surface area (Å²) in [6.07, 6.45) is 1.49. The monoisotopic (exact) mass is 327 g/mol. The molecule has 1 aromatic rings. The van der Waals surface area contributed by atoms with Crippen LogP contribution in [0, 0.1) is 0 Å². The molecule has 122 valence electrons. The summed E-state index contributed by atoms with van der Waals surface area (Å²) in [5, 5.41) is 5.47. The number of nitrogens with two attached hydrogens (primary N) is 1. The summed E-state index contributed by atoms with van der Waals surface area (Å²) in [6.45, 7) is 2.81. The average molecular weight is 328 g/mol. The first-order valence-corrected chi connectivity index (χ1v) is 7.09. The third-order valence-corrected chi connectivity index (χ3v) is 3.34. The zero-order valence-corrected chi connectivity index (χ0v) is 13.4. The summed E-state index contributed by atoms with van der Waals surface area (Å²) in [4.78, 5) is 23.1. The lowest BCUT2D eigenvalue weighted by Gasteiger charge is -2.11. The summed E-state index contributed by atoms with van der Waals surface area (Å²) in [6, 6.07) is 7.28. The summed E-state index contributed by atoms with van der Waals surface area (Å²) in [7, 11) is 0. The van der Waals surface area contributed by atoms with Gasteiger partial charge in [-0.3, -0.25) is 9.59 Å². The van der Waals surface area contributed by atoms with Crippen LogP contribution in [0.3, 0.4) is 0 Å². The molecular formula is C15H22ClN3O3. The minimum atomic E-state index is -0.660. The molecule has 7 heteroatoms. The highest BCUT2D eigenvalue weighted by atomic mass is 35.5. The molecule has 0 heterocycles. The number of ether oxygens (including phenoxy) is 1. The molecule has 0 aromatic heterocycles. The van der Waals surface area contributed by atoms with Crippen molar-refractivity contribution in [3.05, 3.63) is 29.8 Å². The van der Waals surface area contributed by atoms with Crippen molar-refractivity contribution in [2.45, 2.75) is 31.8 Å². The van der Waals surface area contributed by atoms with Crippen LogP contribution in [-0.4, -0.2) is 30.5 Å². The second-order valence-corrected chi connectivity index (χ2v) is 5.23. The molecule has 6 nitrogen and oxygen atoms in total. The van der Waals surface area contributed by atoms with Gasteiger partial charge in [-0.1, -0.05) is 12.1 Å². The Balaban J connectivity index is 0.00000242.